The third kappa shape index (κ3) is 5.25. The lowest BCUT2D eigenvalue weighted by Crippen LogP contribution is -2.12. The monoisotopic (exact) mass is 936 g/mol. The van der Waals surface area contributed by atoms with E-state index in [1.807, 2.05) is 0 Å². The molecule has 330 valence electrons. The molecule has 16 rings (SSSR count). The number of aromatic nitrogens is 7. The highest BCUT2D eigenvalue weighted by Gasteiger charge is 2.28. The lowest BCUT2D eigenvalue weighted by molar-refractivity contribution is 0.669. The summed E-state index contributed by atoms with van der Waals surface area (Å²) < 4.78 is 283. The molecule has 0 aliphatic heterocycles. The predicted octanol–water partition coefficient (Wildman–Crippen LogP) is 15.8. The first kappa shape index (κ1) is 20.0. The zero-order valence-electron chi connectivity index (χ0n) is 64.7. The molecule has 10 aromatic carbocycles. The van der Waals surface area contributed by atoms with Crippen LogP contribution in [0.15, 0.2) is 228 Å². The summed E-state index contributed by atoms with van der Waals surface area (Å²) in [5, 5.41) is -3.12. The maximum Gasteiger partial charge on any atom is 0.240 e. The standard InChI is InChI=1S/C63H37N7O/c1-9-26-47-38(18-1)39-19-2-10-27-48(39)67(47)54-33-17-34-55(68-49-28-11-7-24-44(49)45-36-37-57-58(60(45)68)46-25-8-16-35-56(46)71-57)59(54)61-64-62(69-50-29-12-3-20-40(50)41-21-4-13-30-51(41)69)66-63(65-61)70-52-31-14-5-22-42(52)43-23-6-15-32-53(43)70/h1-37H/i3D,4D,5D,6D,7D,8D,11D,12D,13D,14D,15D,16D,17D,20D,21D,22D,23D,24D,25D,28D,29D,30D,31D,32D,33D,34D,35D,36D,37D. The van der Waals surface area contributed by atoms with Gasteiger partial charge in [0.1, 0.15) is 11.2 Å². The van der Waals surface area contributed by atoms with Crippen molar-refractivity contribution in [2.45, 2.75) is 0 Å². The predicted molar refractivity (Wildman–Crippen MR) is 290 cm³/mol. The lowest BCUT2D eigenvalue weighted by atomic mass is 10.1. The molecule has 0 saturated carbocycles. The molecular formula is C63H37N7O. The summed E-state index contributed by atoms with van der Waals surface area (Å²) in [6.45, 7) is 0. The molecule has 8 heteroatoms. The maximum absolute atomic E-state index is 10.5. The highest BCUT2D eigenvalue weighted by atomic mass is 16.3. The van der Waals surface area contributed by atoms with E-state index in [-0.39, 0.29) is 11.0 Å². The van der Waals surface area contributed by atoms with Gasteiger partial charge in [0.2, 0.25) is 11.9 Å². The van der Waals surface area contributed by atoms with Crippen molar-refractivity contribution in [3.8, 4) is 34.7 Å². The molecule has 0 radical (unpaired) electrons. The molecule has 0 bridgehead atoms. The van der Waals surface area contributed by atoms with E-state index in [0.717, 1.165) is 13.7 Å². The van der Waals surface area contributed by atoms with Crippen molar-refractivity contribution in [2.75, 3.05) is 0 Å². The number of hydrogen-bond donors (Lipinski definition) is 0. The topological polar surface area (TPSA) is 71.5 Å². The van der Waals surface area contributed by atoms with Gasteiger partial charge in [-0.15, -0.1) is 0 Å². The van der Waals surface area contributed by atoms with E-state index in [2.05, 4.69) is 0 Å². The molecule has 0 fully saturated rings. The van der Waals surface area contributed by atoms with Crippen LogP contribution in [0, 0.1) is 0 Å². The fourth-order valence-electron chi connectivity index (χ4n) is 9.84. The SMILES string of the molecule is [2H]c1c([2H])c(-n2c3ccccc3c3ccccc32)c(-c2nc(-n3c4c([2H])c([2H])c([2H])c([2H])c4c4c([2H])c([2H])c([2H])c([2H])c43)nc(-n3c4c([2H])c([2H])c([2H])c([2H])c4c4c([2H])c([2H])c([2H])c([2H])c43)n2)c(-n2c3c([2H])c([2H])c([2H])c([2H])c3c3c([2H])c([2H])c4oc5c([2H])c([2H])c([2H])c([2H])c5c4c32)c1[2H]. The smallest absolute Gasteiger partial charge is 0.240 e. The van der Waals surface area contributed by atoms with Crippen LogP contribution in [0.5, 0.6) is 0 Å². The third-order valence-electron chi connectivity index (χ3n) is 12.6. The van der Waals surface area contributed by atoms with E-state index >= 15 is 0 Å². The molecule has 0 unspecified atom stereocenters. The van der Waals surface area contributed by atoms with E-state index in [1.54, 1.807) is 48.5 Å². The molecule has 8 nitrogen and oxygen atoms in total. The molecule has 0 aliphatic rings. The number of fused-ring (bicyclic) bond motifs is 16. The summed E-state index contributed by atoms with van der Waals surface area (Å²) in [7, 11) is 0. The van der Waals surface area contributed by atoms with E-state index in [9.17, 15) is 23.3 Å². The number of benzene rings is 10. The van der Waals surface area contributed by atoms with Gasteiger partial charge in [0, 0.05) is 48.5 Å². The van der Waals surface area contributed by atoms with Crippen LogP contribution in [0.3, 0.4) is 0 Å². The summed E-state index contributed by atoms with van der Waals surface area (Å²) in [6, 6.07) is -12.1. The van der Waals surface area contributed by atoms with Crippen LogP contribution < -0.4 is 0 Å². The molecule has 71 heavy (non-hydrogen) atoms. The van der Waals surface area contributed by atoms with E-state index < -0.39 is 297 Å². The normalized spacial score (nSPS) is 17.9. The Morgan fingerprint density at radius 3 is 1.30 bits per heavy atom. The van der Waals surface area contributed by atoms with Crippen molar-refractivity contribution < 1.29 is 44.2 Å². The molecule has 16 aromatic rings. The first-order valence-corrected chi connectivity index (χ1v) is 21.6. The second-order valence-electron chi connectivity index (χ2n) is 16.2. The van der Waals surface area contributed by atoms with Crippen LogP contribution in [0.4, 0.5) is 0 Å². The van der Waals surface area contributed by atoms with Gasteiger partial charge in [0.05, 0.1) is 106 Å². The minimum atomic E-state index is -1.04. The number of nitrogens with zero attached hydrogens (tertiary/aromatic N) is 7. The fraction of sp³-hybridized carbons (Fsp3) is 0. The Morgan fingerprint density at radius 1 is 0.324 bits per heavy atom. The highest BCUT2D eigenvalue weighted by Crippen LogP contribution is 2.45. The largest absolute Gasteiger partial charge is 0.456 e. The van der Waals surface area contributed by atoms with Crippen LogP contribution in [0.25, 0.3) is 144 Å². The Morgan fingerprint density at radius 2 is 0.761 bits per heavy atom. The zero-order chi connectivity index (χ0) is 71.5. The van der Waals surface area contributed by atoms with Crippen molar-refractivity contribution >= 4 is 109 Å². The van der Waals surface area contributed by atoms with Crippen LogP contribution in [0.1, 0.15) is 39.8 Å². The molecule has 0 aliphatic carbocycles. The summed E-state index contributed by atoms with van der Waals surface area (Å²) in [5.74, 6) is -2.78. The Hall–Kier alpha value is -9.79. The number of furan rings is 1. The van der Waals surface area contributed by atoms with Crippen LogP contribution in [0.2, 0.25) is 0 Å². The molecule has 0 amide bonds. The maximum atomic E-state index is 10.5. The second kappa shape index (κ2) is 14.4. The molecule has 0 spiro atoms. The van der Waals surface area contributed by atoms with E-state index in [0.29, 0.717) is 10.8 Å². The van der Waals surface area contributed by atoms with Gasteiger partial charge in [-0.25, -0.2) is 0 Å². The Balaban J connectivity index is 1.26. The summed E-state index contributed by atoms with van der Waals surface area (Å²) in [4.78, 5) is 15.0. The minimum absolute atomic E-state index is 0.246. The first-order chi connectivity index (χ1) is 47.3. The minimum Gasteiger partial charge on any atom is -0.456 e. The van der Waals surface area contributed by atoms with E-state index in [4.69, 9.17) is 35.8 Å². The van der Waals surface area contributed by atoms with Crippen molar-refractivity contribution in [1.29, 1.82) is 0 Å². The lowest BCUT2D eigenvalue weighted by Gasteiger charge is -2.20. The summed E-state index contributed by atoms with van der Waals surface area (Å²) in [6.07, 6.45) is 0. The van der Waals surface area contributed by atoms with Gasteiger partial charge in [-0.3, -0.25) is 9.13 Å². The number of para-hydroxylation sites is 8. The van der Waals surface area contributed by atoms with Gasteiger partial charge < -0.3 is 13.6 Å². The molecule has 0 N–H and O–H groups in total. The average Bonchev–Trinajstić information content (AvgIpc) is 1.50. The fourth-order valence-corrected chi connectivity index (χ4v) is 9.84. The molecule has 6 heterocycles. The Labute approximate surface area is 444 Å². The van der Waals surface area contributed by atoms with Crippen LogP contribution in [-0.2, 0) is 0 Å². The van der Waals surface area contributed by atoms with Crippen LogP contribution >= 0.6 is 0 Å². The van der Waals surface area contributed by atoms with Gasteiger partial charge in [0.15, 0.2) is 5.82 Å². The van der Waals surface area contributed by atoms with Crippen molar-refractivity contribution in [3.05, 3.63) is 224 Å². The van der Waals surface area contributed by atoms with Gasteiger partial charge >= 0.3 is 0 Å². The molecule has 0 atom stereocenters. The zero-order valence-corrected chi connectivity index (χ0v) is 35.7. The average molecular weight is 937 g/mol. The van der Waals surface area contributed by atoms with Crippen molar-refractivity contribution in [3.63, 3.8) is 0 Å². The summed E-state index contributed by atoms with van der Waals surface area (Å²) >= 11 is 0. The Kier molecular flexibility index (Phi) is 4.06. The first-order valence-electron chi connectivity index (χ1n) is 36.1. The molecule has 0 saturated heterocycles. The quantitative estimate of drug-likeness (QED) is 0.172. The van der Waals surface area contributed by atoms with Crippen molar-refractivity contribution in [2.24, 2.45) is 0 Å². The molecule has 6 aromatic heterocycles. The third-order valence-corrected chi connectivity index (χ3v) is 12.6. The van der Waals surface area contributed by atoms with Gasteiger partial charge in [-0.1, -0.05) is 151 Å². The van der Waals surface area contributed by atoms with Crippen LogP contribution in [-0.4, -0.2) is 33.2 Å². The Bertz CT molecular complexity index is 6280. The van der Waals surface area contributed by atoms with Gasteiger partial charge in [-0.2, -0.15) is 15.0 Å². The van der Waals surface area contributed by atoms with Gasteiger partial charge in [-0.05, 0) is 72.6 Å². The number of hydrogen-bond acceptors (Lipinski definition) is 4. The molecular weight excluding hydrogens is 871 g/mol. The van der Waals surface area contributed by atoms with Gasteiger partial charge in [0.25, 0.3) is 0 Å². The highest BCUT2D eigenvalue weighted by molar-refractivity contribution is 6.25. The second-order valence-corrected chi connectivity index (χ2v) is 16.2. The van der Waals surface area contributed by atoms with Crippen molar-refractivity contribution in [1.82, 2.24) is 33.2 Å². The van der Waals surface area contributed by atoms with E-state index in [1.165, 1.54) is 4.57 Å². The summed E-state index contributed by atoms with van der Waals surface area (Å²) in [5.41, 5.74) is -6.38. The number of rotatable bonds is 5.